The number of rotatable bonds is 2. The van der Waals surface area contributed by atoms with Gasteiger partial charge in [-0.15, -0.1) is 0 Å². The lowest BCUT2D eigenvalue weighted by Gasteiger charge is -2.28. The zero-order valence-corrected chi connectivity index (χ0v) is 15.4. The minimum atomic E-state index is -0.742. The Morgan fingerprint density at radius 2 is 1.83 bits per heavy atom. The SMILES string of the molecule is O=C(Nc1ccc2[nH]c(=O)oc2c1)C(=O)N1CCC(=Cc2ccc(F)cc2)CC1. The molecule has 0 radical (unpaired) electrons. The summed E-state index contributed by atoms with van der Waals surface area (Å²) in [5.41, 5.74) is 3.23. The van der Waals surface area contributed by atoms with Gasteiger partial charge in [-0.2, -0.15) is 0 Å². The highest BCUT2D eigenvalue weighted by atomic mass is 19.1. The average molecular weight is 395 g/mol. The summed E-state index contributed by atoms with van der Waals surface area (Å²) in [5.74, 6) is -2.22. The summed E-state index contributed by atoms with van der Waals surface area (Å²) in [4.78, 5) is 40.0. The number of halogens is 1. The number of piperidine rings is 1. The predicted molar refractivity (Wildman–Crippen MR) is 106 cm³/mol. The molecule has 2 heterocycles. The Hall–Kier alpha value is -3.68. The molecule has 3 aromatic rings. The molecule has 1 aliphatic rings. The largest absolute Gasteiger partial charge is 0.417 e. The predicted octanol–water partition coefficient (Wildman–Crippen LogP) is 2.90. The van der Waals surface area contributed by atoms with Gasteiger partial charge >= 0.3 is 17.6 Å². The number of benzene rings is 2. The molecule has 2 aromatic carbocycles. The molecule has 0 unspecified atom stereocenters. The molecule has 0 spiro atoms. The molecular weight excluding hydrogens is 377 g/mol. The van der Waals surface area contributed by atoms with Crippen LogP contribution >= 0.6 is 0 Å². The van der Waals surface area contributed by atoms with Crippen molar-refractivity contribution in [3.63, 3.8) is 0 Å². The molecule has 29 heavy (non-hydrogen) atoms. The van der Waals surface area contributed by atoms with Crippen LogP contribution in [0.3, 0.4) is 0 Å². The molecule has 0 bridgehead atoms. The molecule has 148 valence electrons. The highest BCUT2D eigenvalue weighted by Gasteiger charge is 2.25. The Labute approximate surface area is 164 Å². The first-order valence-corrected chi connectivity index (χ1v) is 9.16. The zero-order chi connectivity index (χ0) is 20.4. The van der Waals surface area contributed by atoms with E-state index in [4.69, 9.17) is 4.42 Å². The van der Waals surface area contributed by atoms with E-state index < -0.39 is 17.6 Å². The lowest BCUT2D eigenvalue weighted by Crippen LogP contribution is -2.42. The number of hydrogen-bond donors (Lipinski definition) is 2. The van der Waals surface area contributed by atoms with Crippen molar-refractivity contribution in [2.24, 2.45) is 0 Å². The van der Waals surface area contributed by atoms with Crippen molar-refractivity contribution in [3.8, 4) is 0 Å². The van der Waals surface area contributed by atoms with E-state index in [1.807, 2.05) is 6.08 Å². The van der Waals surface area contributed by atoms with E-state index in [2.05, 4.69) is 10.3 Å². The van der Waals surface area contributed by atoms with Crippen molar-refractivity contribution in [1.82, 2.24) is 9.88 Å². The molecule has 2 amide bonds. The van der Waals surface area contributed by atoms with Crippen LogP contribution in [0.4, 0.5) is 10.1 Å². The van der Waals surface area contributed by atoms with Crippen LogP contribution in [0, 0.1) is 5.82 Å². The summed E-state index contributed by atoms with van der Waals surface area (Å²) in [6, 6.07) is 10.9. The molecule has 0 saturated carbocycles. The van der Waals surface area contributed by atoms with Gasteiger partial charge in [0.25, 0.3) is 0 Å². The smallest absolute Gasteiger partial charge is 0.408 e. The molecule has 1 saturated heterocycles. The third-order valence-corrected chi connectivity index (χ3v) is 4.81. The number of nitrogens with zero attached hydrogens (tertiary/aromatic N) is 1. The van der Waals surface area contributed by atoms with Crippen molar-refractivity contribution in [3.05, 3.63) is 70.0 Å². The summed E-state index contributed by atoms with van der Waals surface area (Å²) in [5, 5.41) is 2.54. The van der Waals surface area contributed by atoms with Crippen LogP contribution in [0.5, 0.6) is 0 Å². The Kier molecular flexibility index (Phi) is 4.99. The van der Waals surface area contributed by atoms with Crippen LogP contribution in [0.15, 0.2) is 57.2 Å². The van der Waals surface area contributed by atoms with E-state index in [1.54, 1.807) is 24.3 Å². The average Bonchev–Trinajstić information content (AvgIpc) is 3.09. The van der Waals surface area contributed by atoms with Gasteiger partial charge in [-0.1, -0.05) is 23.8 Å². The van der Waals surface area contributed by atoms with Gasteiger partial charge in [0.05, 0.1) is 5.52 Å². The highest BCUT2D eigenvalue weighted by Crippen LogP contribution is 2.21. The molecule has 7 nitrogen and oxygen atoms in total. The number of H-pyrrole nitrogens is 1. The van der Waals surface area contributed by atoms with E-state index in [0.717, 1.165) is 11.1 Å². The number of amides is 2. The molecule has 4 rings (SSSR count). The maximum Gasteiger partial charge on any atom is 0.417 e. The van der Waals surface area contributed by atoms with Crippen molar-refractivity contribution in [2.45, 2.75) is 12.8 Å². The molecule has 1 aromatic heterocycles. The van der Waals surface area contributed by atoms with E-state index in [1.165, 1.54) is 23.1 Å². The molecule has 1 fully saturated rings. The van der Waals surface area contributed by atoms with E-state index in [-0.39, 0.29) is 5.82 Å². The lowest BCUT2D eigenvalue weighted by molar-refractivity contribution is -0.143. The van der Waals surface area contributed by atoms with Crippen LogP contribution in [-0.2, 0) is 9.59 Å². The first-order valence-electron chi connectivity index (χ1n) is 9.16. The van der Waals surface area contributed by atoms with Crippen LogP contribution < -0.4 is 11.1 Å². The first kappa shape index (κ1) is 18.7. The number of aromatic amines is 1. The highest BCUT2D eigenvalue weighted by molar-refractivity contribution is 6.39. The Morgan fingerprint density at radius 3 is 2.55 bits per heavy atom. The minimum absolute atomic E-state index is 0.281. The summed E-state index contributed by atoms with van der Waals surface area (Å²) in [7, 11) is 0. The summed E-state index contributed by atoms with van der Waals surface area (Å²) in [6.07, 6.45) is 3.29. The van der Waals surface area contributed by atoms with Gasteiger partial charge < -0.3 is 14.6 Å². The fraction of sp³-hybridized carbons (Fsp3) is 0.190. The molecule has 8 heteroatoms. The maximum atomic E-state index is 13.0. The maximum absolute atomic E-state index is 13.0. The third kappa shape index (κ3) is 4.26. The number of nitrogens with one attached hydrogen (secondary N) is 2. The van der Waals surface area contributed by atoms with Crippen molar-refractivity contribution in [2.75, 3.05) is 18.4 Å². The van der Waals surface area contributed by atoms with E-state index >= 15 is 0 Å². The summed E-state index contributed by atoms with van der Waals surface area (Å²) >= 11 is 0. The normalized spacial score (nSPS) is 14.1. The Bertz CT molecular complexity index is 1150. The number of carbonyl (C=O) groups excluding carboxylic acids is 2. The van der Waals surface area contributed by atoms with Gasteiger partial charge in [0, 0.05) is 24.8 Å². The second-order valence-electron chi connectivity index (χ2n) is 6.83. The van der Waals surface area contributed by atoms with Gasteiger partial charge in [-0.25, -0.2) is 9.18 Å². The number of fused-ring (bicyclic) bond motifs is 1. The first-order chi connectivity index (χ1) is 14.0. The number of carbonyl (C=O) groups is 2. The number of likely N-dealkylation sites (tertiary alicyclic amines) is 1. The van der Waals surface area contributed by atoms with Crippen LogP contribution in [-0.4, -0.2) is 34.8 Å². The number of oxazole rings is 1. The topological polar surface area (TPSA) is 95.4 Å². The van der Waals surface area contributed by atoms with Crippen LogP contribution in [0.25, 0.3) is 17.2 Å². The van der Waals surface area contributed by atoms with Gasteiger partial charge in [0.2, 0.25) is 0 Å². The van der Waals surface area contributed by atoms with Gasteiger partial charge in [-0.05, 0) is 42.7 Å². The van der Waals surface area contributed by atoms with E-state index in [9.17, 15) is 18.8 Å². The van der Waals surface area contributed by atoms with Gasteiger partial charge in [0.1, 0.15) is 5.82 Å². The van der Waals surface area contributed by atoms with Crippen LogP contribution in [0.2, 0.25) is 0 Å². The monoisotopic (exact) mass is 395 g/mol. The second kappa shape index (κ2) is 7.75. The Balaban J connectivity index is 1.36. The number of anilines is 1. The number of aromatic nitrogens is 1. The van der Waals surface area contributed by atoms with Crippen molar-refractivity contribution in [1.29, 1.82) is 0 Å². The molecule has 1 aliphatic heterocycles. The van der Waals surface area contributed by atoms with Gasteiger partial charge in [0.15, 0.2) is 5.58 Å². The number of hydrogen-bond acceptors (Lipinski definition) is 4. The standard InChI is InChI=1S/C21H18FN3O4/c22-15-3-1-13(2-4-15)11-14-7-9-25(10-8-14)20(27)19(26)23-16-5-6-17-18(12-16)29-21(28)24-17/h1-6,11-12H,7-10H2,(H,23,26)(H,24,28). The fourth-order valence-corrected chi connectivity index (χ4v) is 3.29. The van der Waals surface area contributed by atoms with Crippen molar-refractivity contribution < 1.29 is 18.4 Å². The lowest BCUT2D eigenvalue weighted by atomic mass is 10.0. The van der Waals surface area contributed by atoms with Crippen molar-refractivity contribution >= 4 is 34.7 Å². The minimum Gasteiger partial charge on any atom is -0.408 e. The second-order valence-corrected chi connectivity index (χ2v) is 6.83. The Morgan fingerprint density at radius 1 is 1.10 bits per heavy atom. The zero-order valence-electron chi connectivity index (χ0n) is 15.4. The van der Waals surface area contributed by atoms with Crippen LogP contribution in [0.1, 0.15) is 18.4 Å². The molecule has 0 aliphatic carbocycles. The summed E-state index contributed by atoms with van der Waals surface area (Å²) < 4.78 is 17.9. The molecule has 2 N–H and O–H groups in total. The van der Waals surface area contributed by atoms with Gasteiger partial charge in [-0.3, -0.25) is 14.6 Å². The quantitative estimate of drug-likeness (QED) is 0.652. The molecule has 0 atom stereocenters. The summed E-state index contributed by atoms with van der Waals surface area (Å²) in [6.45, 7) is 0.871. The fourth-order valence-electron chi connectivity index (χ4n) is 3.29. The van der Waals surface area contributed by atoms with E-state index in [0.29, 0.717) is 42.7 Å². The third-order valence-electron chi connectivity index (χ3n) is 4.81. The molecular formula is C21H18FN3O4.